The third kappa shape index (κ3) is 3.95. The van der Waals surface area contributed by atoms with Gasteiger partial charge in [-0.2, -0.15) is 0 Å². The normalized spacial score (nSPS) is 18.5. The summed E-state index contributed by atoms with van der Waals surface area (Å²) in [5, 5.41) is 0. The number of hydrogen-bond acceptors (Lipinski definition) is 3. The number of fused-ring (bicyclic) bond motifs is 1. The molecular weight excluding hydrogens is 236 g/mol. The first kappa shape index (κ1) is 14.4. The van der Waals surface area contributed by atoms with E-state index in [0.29, 0.717) is 11.8 Å². The summed E-state index contributed by atoms with van der Waals surface area (Å²) in [6, 6.07) is 8.44. The van der Waals surface area contributed by atoms with Gasteiger partial charge >= 0.3 is 0 Å². The van der Waals surface area contributed by atoms with Gasteiger partial charge in [-0.1, -0.05) is 32.0 Å². The van der Waals surface area contributed by atoms with Crippen molar-refractivity contribution in [2.24, 2.45) is 11.7 Å². The molecule has 1 aliphatic heterocycles. The standard InChI is InChI=1S/C16H26N2O/c1-13(2)11-18(9-8-17)12-14-7-10-19-16-6-4-3-5-15(14)16/h3-6,13-14H,7-12,17H2,1-2H3. The molecule has 0 aromatic heterocycles. The van der Waals surface area contributed by atoms with Crippen LogP contribution in [0.5, 0.6) is 5.75 Å². The fraction of sp³-hybridized carbons (Fsp3) is 0.625. The second kappa shape index (κ2) is 6.92. The van der Waals surface area contributed by atoms with Crippen LogP contribution in [0.1, 0.15) is 31.7 Å². The van der Waals surface area contributed by atoms with Crippen LogP contribution in [0.15, 0.2) is 24.3 Å². The Morgan fingerprint density at radius 2 is 2.16 bits per heavy atom. The highest BCUT2D eigenvalue weighted by Gasteiger charge is 2.23. The lowest BCUT2D eigenvalue weighted by Crippen LogP contribution is -2.37. The maximum atomic E-state index is 5.74. The number of benzene rings is 1. The Bertz CT molecular complexity index is 392. The van der Waals surface area contributed by atoms with Crippen LogP contribution in [-0.4, -0.2) is 37.7 Å². The van der Waals surface area contributed by atoms with Crippen LogP contribution in [0.25, 0.3) is 0 Å². The molecule has 0 saturated carbocycles. The Hall–Kier alpha value is -1.06. The van der Waals surface area contributed by atoms with E-state index in [4.69, 9.17) is 10.5 Å². The molecule has 1 heterocycles. The molecule has 0 radical (unpaired) electrons. The molecule has 0 saturated heterocycles. The first-order valence-electron chi connectivity index (χ1n) is 7.35. The van der Waals surface area contributed by atoms with Gasteiger partial charge in [0, 0.05) is 32.1 Å². The number of hydrogen-bond donors (Lipinski definition) is 1. The average molecular weight is 262 g/mol. The van der Waals surface area contributed by atoms with Crippen molar-refractivity contribution in [2.75, 3.05) is 32.8 Å². The van der Waals surface area contributed by atoms with Crippen molar-refractivity contribution in [1.82, 2.24) is 4.90 Å². The molecule has 19 heavy (non-hydrogen) atoms. The fourth-order valence-electron chi connectivity index (χ4n) is 2.87. The summed E-state index contributed by atoms with van der Waals surface area (Å²) < 4.78 is 5.73. The molecule has 0 fully saturated rings. The lowest BCUT2D eigenvalue weighted by molar-refractivity contribution is 0.200. The van der Waals surface area contributed by atoms with Crippen LogP contribution >= 0.6 is 0 Å². The number of para-hydroxylation sites is 1. The predicted molar refractivity (Wildman–Crippen MR) is 79.6 cm³/mol. The quantitative estimate of drug-likeness (QED) is 0.856. The van der Waals surface area contributed by atoms with E-state index < -0.39 is 0 Å². The van der Waals surface area contributed by atoms with Gasteiger partial charge in [-0.15, -0.1) is 0 Å². The molecule has 0 amide bonds. The summed E-state index contributed by atoms with van der Waals surface area (Å²) in [5.41, 5.74) is 7.10. The first-order valence-corrected chi connectivity index (χ1v) is 7.35. The second-order valence-electron chi connectivity index (χ2n) is 5.81. The van der Waals surface area contributed by atoms with E-state index in [1.807, 2.05) is 6.07 Å². The van der Waals surface area contributed by atoms with Gasteiger partial charge in [-0.05, 0) is 24.0 Å². The van der Waals surface area contributed by atoms with Crippen molar-refractivity contribution >= 4 is 0 Å². The lowest BCUT2D eigenvalue weighted by Gasteiger charge is -2.32. The Morgan fingerprint density at radius 1 is 1.37 bits per heavy atom. The molecule has 1 unspecified atom stereocenters. The van der Waals surface area contributed by atoms with Gasteiger partial charge in [0.15, 0.2) is 0 Å². The summed E-state index contributed by atoms with van der Waals surface area (Å²) in [7, 11) is 0. The average Bonchev–Trinajstić information content (AvgIpc) is 2.39. The highest BCUT2D eigenvalue weighted by Crippen LogP contribution is 2.33. The van der Waals surface area contributed by atoms with E-state index in [0.717, 1.165) is 45.0 Å². The minimum atomic E-state index is 0.579. The Morgan fingerprint density at radius 3 is 2.89 bits per heavy atom. The van der Waals surface area contributed by atoms with Crippen LogP contribution in [0.3, 0.4) is 0 Å². The topological polar surface area (TPSA) is 38.5 Å². The molecule has 3 nitrogen and oxygen atoms in total. The van der Waals surface area contributed by atoms with E-state index in [-0.39, 0.29) is 0 Å². The summed E-state index contributed by atoms with van der Waals surface area (Å²) in [4.78, 5) is 2.50. The molecular formula is C16H26N2O. The third-order valence-corrected chi connectivity index (χ3v) is 3.63. The molecule has 2 rings (SSSR count). The molecule has 0 spiro atoms. The number of rotatable bonds is 6. The summed E-state index contributed by atoms with van der Waals surface area (Å²) in [6.45, 7) is 9.30. The van der Waals surface area contributed by atoms with Crippen molar-refractivity contribution in [3.63, 3.8) is 0 Å². The van der Waals surface area contributed by atoms with Crippen molar-refractivity contribution in [2.45, 2.75) is 26.2 Å². The minimum Gasteiger partial charge on any atom is -0.493 e. The fourth-order valence-corrected chi connectivity index (χ4v) is 2.87. The molecule has 0 aliphatic carbocycles. The van der Waals surface area contributed by atoms with Gasteiger partial charge in [0.05, 0.1) is 6.61 Å². The number of nitrogens with two attached hydrogens (primary N) is 1. The van der Waals surface area contributed by atoms with Gasteiger partial charge in [-0.25, -0.2) is 0 Å². The Balaban J connectivity index is 2.05. The summed E-state index contributed by atoms with van der Waals surface area (Å²) in [5.74, 6) is 2.33. The Kier molecular flexibility index (Phi) is 5.23. The number of ether oxygens (including phenoxy) is 1. The molecule has 106 valence electrons. The summed E-state index contributed by atoms with van der Waals surface area (Å²) in [6.07, 6.45) is 1.11. The molecule has 1 aliphatic rings. The predicted octanol–water partition coefficient (Wildman–Crippen LogP) is 2.47. The monoisotopic (exact) mass is 262 g/mol. The molecule has 1 atom stereocenters. The van der Waals surface area contributed by atoms with Crippen LogP contribution in [0, 0.1) is 5.92 Å². The van der Waals surface area contributed by atoms with Crippen LogP contribution < -0.4 is 10.5 Å². The van der Waals surface area contributed by atoms with Gasteiger partial charge in [0.25, 0.3) is 0 Å². The van der Waals surface area contributed by atoms with Crippen LogP contribution in [-0.2, 0) is 0 Å². The van der Waals surface area contributed by atoms with Gasteiger partial charge in [0.1, 0.15) is 5.75 Å². The van der Waals surface area contributed by atoms with E-state index in [1.54, 1.807) is 0 Å². The van der Waals surface area contributed by atoms with E-state index in [2.05, 4.69) is 36.9 Å². The first-order chi connectivity index (χ1) is 9.20. The van der Waals surface area contributed by atoms with Crippen molar-refractivity contribution < 1.29 is 4.74 Å². The van der Waals surface area contributed by atoms with Gasteiger partial charge < -0.3 is 15.4 Å². The smallest absolute Gasteiger partial charge is 0.122 e. The summed E-state index contributed by atoms with van der Waals surface area (Å²) >= 11 is 0. The highest BCUT2D eigenvalue weighted by atomic mass is 16.5. The minimum absolute atomic E-state index is 0.579. The molecule has 3 heteroatoms. The highest BCUT2D eigenvalue weighted by molar-refractivity contribution is 5.37. The van der Waals surface area contributed by atoms with E-state index >= 15 is 0 Å². The van der Waals surface area contributed by atoms with Crippen molar-refractivity contribution in [1.29, 1.82) is 0 Å². The van der Waals surface area contributed by atoms with Crippen LogP contribution in [0.4, 0.5) is 0 Å². The van der Waals surface area contributed by atoms with Crippen LogP contribution in [0.2, 0.25) is 0 Å². The largest absolute Gasteiger partial charge is 0.493 e. The van der Waals surface area contributed by atoms with Crippen molar-refractivity contribution in [3.8, 4) is 5.75 Å². The maximum Gasteiger partial charge on any atom is 0.122 e. The van der Waals surface area contributed by atoms with E-state index in [1.165, 1.54) is 5.56 Å². The number of nitrogens with zero attached hydrogens (tertiary/aromatic N) is 1. The molecule has 2 N–H and O–H groups in total. The zero-order chi connectivity index (χ0) is 13.7. The van der Waals surface area contributed by atoms with E-state index in [9.17, 15) is 0 Å². The van der Waals surface area contributed by atoms with Gasteiger partial charge in [0.2, 0.25) is 0 Å². The second-order valence-corrected chi connectivity index (χ2v) is 5.81. The molecule has 1 aromatic carbocycles. The zero-order valence-electron chi connectivity index (χ0n) is 12.1. The Labute approximate surface area is 116 Å². The molecule has 0 bridgehead atoms. The lowest BCUT2D eigenvalue weighted by atomic mass is 9.92. The van der Waals surface area contributed by atoms with Crippen molar-refractivity contribution in [3.05, 3.63) is 29.8 Å². The molecule has 1 aromatic rings. The SMILES string of the molecule is CC(C)CN(CCN)CC1CCOc2ccccc21. The third-order valence-electron chi connectivity index (χ3n) is 3.63. The zero-order valence-corrected chi connectivity index (χ0v) is 12.1. The van der Waals surface area contributed by atoms with Gasteiger partial charge in [-0.3, -0.25) is 0 Å². The maximum absolute atomic E-state index is 5.74.